The predicted octanol–water partition coefficient (Wildman–Crippen LogP) is 0.261. The first-order valence-electron chi connectivity index (χ1n) is 5.68. The number of anilines is 1. The third-order valence-electron chi connectivity index (χ3n) is 3.13. The summed E-state index contributed by atoms with van der Waals surface area (Å²) < 4.78 is 0. The first-order chi connectivity index (χ1) is 8.22. The summed E-state index contributed by atoms with van der Waals surface area (Å²) in [5, 5.41) is 12.1. The van der Waals surface area contributed by atoms with Crippen LogP contribution in [-0.2, 0) is 0 Å². The fraction of sp³-hybridized carbons (Fsp3) is 0.545. The van der Waals surface area contributed by atoms with Gasteiger partial charge in [0, 0.05) is 36.9 Å². The minimum Gasteiger partial charge on any atom is -0.367 e. The van der Waals surface area contributed by atoms with E-state index in [-0.39, 0.29) is 0 Å². The second-order valence-electron chi connectivity index (χ2n) is 4.28. The summed E-state index contributed by atoms with van der Waals surface area (Å²) in [5.74, 6) is 1.00. The van der Waals surface area contributed by atoms with Crippen LogP contribution in [0, 0.1) is 17.2 Å². The SMILES string of the molecule is CC1NNC(C)C1CNc1nccnc1C#N. The van der Waals surface area contributed by atoms with Crippen LogP contribution in [0.25, 0.3) is 0 Å². The average Bonchev–Trinajstić information content (AvgIpc) is 2.67. The van der Waals surface area contributed by atoms with Gasteiger partial charge in [0.15, 0.2) is 11.5 Å². The van der Waals surface area contributed by atoms with Crippen LogP contribution < -0.4 is 16.2 Å². The summed E-state index contributed by atoms with van der Waals surface area (Å²) >= 11 is 0. The number of hydrogen-bond donors (Lipinski definition) is 3. The van der Waals surface area contributed by atoms with Crippen molar-refractivity contribution < 1.29 is 0 Å². The van der Waals surface area contributed by atoms with Gasteiger partial charge in [-0.25, -0.2) is 9.97 Å². The summed E-state index contributed by atoms with van der Waals surface area (Å²) in [6.45, 7) is 5.02. The van der Waals surface area contributed by atoms with Gasteiger partial charge in [-0.2, -0.15) is 5.26 Å². The first-order valence-corrected chi connectivity index (χ1v) is 5.68. The highest BCUT2D eigenvalue weighted by molar-refractivity contribution is 5.46. The number of rotatable bonds is 3. The molecule has 90 valence electrons. The maximum Gasteiger partial charge on any atom is 0.182 e. The molecule has 0 amide bonds. The molecular weight excluding hydrogens is 216 g/mol. The molecule has 2 unspecified atom stereocenters. The van der Waals surface area contributed by atoms with Gasteiger partial charge in [0.1, 0.15) is 6.07 Å². The monoisotopic (exact) mass is 232 g/mol. The predicted molar refractivity (Wildman–Crippen MR) is 63.9 cm³/mol. The number of hydrazine groups is 1. The van der Waals surface area contributed by atoms with Gasteiger partial charge in [-0.3, -0.25) is 10.9 Å². The van der Waals surface area contributed by atoms with Gasteiger partial charge < -0.3 is 5.32 Å². The molecule has 0 aliphatic carbocycles. The number of hydrogen-bond acceptors (Lipinski definition) is 6. The van der Waals surface area contributed by atoms with Gasteiger partial charge in [-0.05, 0) is 13.8 Å². The Morgan fingerprint density at radius 3 is 2.59 bits per heavy atom. The van der Waals surface area contributed by atoms with Crippen molar-refractivity contribution in [1.82, 2.24) is 20.8 Å². The third-order valence-corrected chi connectivity index (χ3v) is 3.13. The Morgan fingerprint density at radius 1 is 1.29 bits per heavy atom. The topological polar surface area (TPSA) is 85.7 Å². The molecule has 1 fully saturated rings. The van der Waals surface area contributed by atoms with E-state index in [0.29, 0.717) is 29.5 Å². The second kappa shape index (κ2) is 5.08. The molecule has 1 saturated heterocycles. The molecule has 3 N–H and O–H groups in total. The van der Waals surface area contributed by atoms with Crippen LogP contribution in [0.4, 0.5) is 5.82 Å². The van der Waals surface area contributed by atoms with E-state index in [0.717, 1.165) is 6.54 Å². The molecular formula is C11H16N6. The highest BCUT2D eigenvalue weighted by Gasteiger charge is 2.29. The summed E-state index contributed by atoms with van der Waals surface area (Å²) in [7, 11) is 0. The fourth-order valence-corrected chi connectivity index (χ4v) is 2.03. The van der Waals surface area contributed by atoms with Crippen LogP contribution in [0.15, 0.2) is 12.4 Å². The van der Waals surface area contributed by atoms with Gasteiger partial charge in [0.25, 0.3) is 0 Å². The van der Waals surface area contributed by atoms with E-state index in [9.17, 15) is 0 Å². The zero-order chi connectivity index (χ0) is 12.3. The molecule has 1 aromatic heterocycles. The fourth-order valence-electron chi connectivity index (χ4n) is 2.03. The Balaban J connectivity index is 2.00. The van der Waals surface area contributed by atoms with Crippen molar-refractivity contribution in [3.63, 3.8) is 0 Å². The van der Waals surface area contributed by atoms with Crippen molar-refractivity contribution in [1.29, 1.82) is 5.26 Å². The van der Waals surface area contributed by atoms with Crippen molar-refractivity contribution in [2.45, 2.75) is 25.9 Å². The van der Waals surface area contributed by atoms with E-state index < -0.39 is 0 Å². The Hall–Kier alpha value is -1.71. The van der Waals surface area contributed by atoms with Crippen LogP contribution in [0.5, 0.6) is 0 Å². The van der Waals surface area contributed by atoms with Gasteiger partial charge in [-0.15, -0.1) is 0 Å². The van der Waals surface area contributed by atoms with E-state index in [1.807, 2.05) is 6.07 Å². The molecule has 0 saturated carbocycles. The van der Waals surface area contributed by atoms with E-state index >= 15 is 0 Å². The number of aromatic nitrogens is 2. The molecule has 0 spiro atoms. The summed E-state index contributed by atoms with van der Waals surface area (Å²) in [6.07, 6.45) is 3.11. The summed E-state index contributed by atoms with van der Waals surface area (Å²) in [5.41, 5.74) is 6.73. The molecule has 2 atom stereocenters. The molecule has 1 aromatic rings. The maximum atomic E-state index is 8.90. The average molecular weight is 232 g/mol. The number of nitrogens with zero attached hydrogens (tertiary/aromatic N) is 3. The standard InChI is InChI=1S/C11H16N6/c1-7-9(8(2)17-16-7)6-15-11-10(5-12)13-3-4-14-11/h3-4,7-9,16-17H,6H2,1-2H3,(H,14,15). The number of nitrogens with one attached hydrogen (secondary N) is 3. The van der Waals surface area contributed by atoms with Crippen LogP contribution in [0.2, 0.25) is 0 Å². The second-order valence-corrected chi connectivity index (χ2v) is 4.28. The quantitative estimate of drug-likeness (QED) is 0.693. The molecule has 1 aliphatic rings. The molecule has 17 heavy (non-hydrogen) atoms. The maximum absolute atomic E-state index is 8.90. The molecule has 2 heterocycles. The van der Waals surface area contributed by atoms with Crippen molar-refractivity contribution in [2.24, 2.45) is 5.92 Å². The van der Waals surface area contributed by atoms with Crippen molar-refractivity contribution in [3.8, 4) is 6.07 Å². The van der Waals surface area contributed by atoms with Crippen LogP contribution >= 0.6 is 0 Å². The lowest BCUT2D eigenvalue weighted by Gasteiger charge is -2.18. The smallest absolute Gasteiger partial charge is 0.182 e. The highest BCUT2D eigenvalue weighted by Crippen LogP contribution is 2.16. The minimum atomic E-state index is 0.340. The van der Waals surface area contributed by atoms with E-state index in [4.69, 9.17) is 5.26 Å². The van der Waals surface area contributed by atoms with Gasteiger partial charge in [-0.1, -0.05) is 0 Å². The molecule has 0 radical (unpaired) electrons. The third kappa shape index (κ3) is 2.52. The van der Waals surface area contributed by atoms with Gasteiger partial charge >= 0.3 is 0 Å². The Labute approximate surface area is 100 Å². The lowest BCUT2D eigenvalue weighted by Crippen LogP contribution is -2.30. The largest absolute Gasteiger partial charge is 0.367 e. The molecule has 6 nitrogen and oxygen atoms in total. The molecule has 1 aliphatic heterocycles. The molecule has 0 aromatic carbocycles. The van der Waals surface area contributed by atoms with E-state index in [1.165, 1.54) is 6.20 Å². The zero-order valence-corrected chi connectivity index (χ0v) is 9.94. The normalized spacial score (nSPS) is 27.7. The Morgan fingerprint density at radius 2 is 1.94 bits per heavy atom. The summed E-state index contributed by atoms with van der Waals surface area (Å²) in [6, 6.07) is 2.80. The van der Waals surface area contributed by atoms with Crippen LogP contribution in [0.1, 0.15) is 19.5 Å². The molecule has 6 heteroatoms. The number of nitriles is 1. The first kappa shape index (κ1) is 11.8. The van der Waals surface area contributed by atoms with Gasteiger partial charge in [0.2, 0.25) is 0 Å². The Bertz CT molecular complexity index is 416. The van der Waals surface area contributed by atoms with E-state index in [1.54, 1.807) is 6.20 Å². The lowest BCUT2D eigenvalue weighted by molar-refractivity contribution is 0.466. The van der Waals surface area contributed by atoms with Gasteiger partial charge in [0.05, 0.1) is 0 Å². The lowest BCUT2D eigenvalue weighted by atomic mass is 9.97. The zero-order valence-electron chi connectivity index (χ0n) is 9.94. The molecule has 2 rings (SSSR count). The van der Waals surface area contributed by atoms with Crippen molar-refractivity contribution in [3.05, 3.63) is 18.1 Å². The Kier molecular flexibility index (Phi) is 3.52. The minimum absolute atomic E-state index is 0.340. The van der Waals surface area contributed by atoms with Crippen LogP contribution in [-0.4, -0.2) is 28.6 Å². The highest BCUT2D eigenvalue weighted by atomic mass is 15.4. The van der Waals surface area contributed by atoms with E-state index in [2.05, 4.69) is 40.0 Å². The molecule has 0 bridgehead atoms. The summed E-state index contributed by atoms with van der Waals surface area (Å²) in [4.78, 5) is 8.09. The van der Waals surface area contributed by atoms with Crippen molar-refractivity contribution >= 4 is 5.82 Å². The van der Waals surface area contributed by atoms with Crippen molar-refractivity contribution in [2.75, 3.05) is 11.9 Å². The van der Waals surface area contributed by atoms with Crippen LogP contribution in [0.3, 0.4) is 0 Å².